The van der Waals surface area contributed by atoms with Crippen molar-refractivity contribution < 1.29 is 19.1 Å². The van der Waals surface area contributed by atoms with Gasteiger partial charge in [-0.3, -0.25) is 9.59 Å². The van der Waals surface area contributed by atoms with Gasteiger partial charge in [0.05, 0.1) is 18.6 Å². The van der Waals surface area contributed by atoms with Crippen LogP contribution in [0.4, 0.5) is 0 Å². The van der Waals surface area contributed by atoms with E-state index >= 15 is 0 Å². The Balaban J connectivity index is 1.99. The van der Waals surface area contributed by atoms with Gasteiger partial charge in [0.15, 0.2) is 0 Å². The molecular weight excluding hydrogens is 376 g/mol. The van der Waals surface area contributed by atoms with Gasteiger partial charge >= 0.3 is 0 Å². The van der Waals surface area contributed by atoms with Crippen LogP contribution in [0.15, 0.2) is 41.8 Å². The molecule has 1 N–H and O–H groups in total. The molecule has 2 aromatic rings. The molecule has 2 heterocycles. The summed E-state index contributed by atoms with van der Waals surface area (Å²) in [5.74, 6) is -0.599. The minimum absolute atomic E-state index is 0.0607. The number of rotatable bonds is 9. The number of ether oxygens (including phenoxy) is 2. The molecule has 0 saturated carbocycles. The standard InChI is InChI=1S/C21H26N2O4S/c1-26-12-6-10-22-20(24)18-15-7-3-4-8-16(15)21(25)23(11-13-27-2)19(18)17-9-5-14-28-17/h3-5,7-9,14,18-19H,6,10-13H2,1-2H3,(H,22,24). The van der Waals surface area contributed by atoms with Crippen LogP contribution in [0.5, 0.6) is 0 Å². The van der Waals surface area contributed by atoms with Gasteiger partial charge in [0.25, 0.3) is 5.91 Å². The van der Waals surface area contributed by atoms with Gasteiger partial charge in [-0.25, -0.2) is 0 Å². The van der Waals surface area contributed by atoms with Crippen LogP contribution in [0.2, 0.25) is 0 Å². The number of methoxy groups -OCH3 is 2. The molecule has 0 aliphatic carbocycles. The van der Waals surface area contributed by atoms with E-state index in [1.165, 1.54) is 0 Å². The van der Waals surface area contributed by atoms with Crippen LogP contribution >= 0.6 is 11.3 Å². The van der Waals surface area contributed by atoms with Crippen molar-refractivity contribution in [2.45, 2.75) is 18.4 Å². The van der Waals surface area contributed by atoms with Crippen molar-refractivity contribution in [2.24, 2.45) is 0 Å². The number of thiophene rings is 1. The number of nitrogens with one attached hydrogen (secondary N) is 1. The molecule has 0 saturated heterocycles. The third-order valence-electron chi connectivity index (χ3n) is 4.92. The summed E-state index contributed by atoms with van der Waals surface area (Å²) in [5, 5.41) is 5.00. The lowest BCUT2D eigenvalue weighted by Gasteiger charge is -2.41. The molecule has 1 aromatic heterocycles. The summed E-state index contributed by atoms with van der Waals surface area (Å²) in [7, 11) is 3.26. The van der Waals surface area contributed by atoms with Gasteiger partial charge in [-0.15, -0.1) is 11.3 Å². The van der Waals surface area contributed by atoms with E-state index in [-0.39, 0.29) is 17.9 Å². The first-order chi connectivity index (χ1) is 13.7. The molecule has 7 heteroatoms. The van der Waals surface area contributed by atoms with Gasteiger partial charge in [0.1, 0.15) is 0 Å². The molecule has 3 rings (SSSR count). The predicted octanol–water partition coefficient (Wildman–Crippen LogP) is 2.83. The number of hydrogen-bond acceptors (Lipinski definition) is 5. The van der Waals surface area contributed by atoms with E-state index in [1.54, 1.807) is 36.5 Å². The predicted molar refractivity (Wildman–Crippen MR) is 109 cm³/mol. The molecule has 0 spiro atoms. The Labute approximate surface area is 169 Å². The Kier molecular flexibility index (Phi) is 7.19. The summed E-state index contributed by atoms with van der Waals surface area (Å²) in [5.41, 5.74) is 1.37. The van der Waals surface area contributed by atoms with Crippen LogP contribution in [0, 0.1) is 0 Å². The summed E-state index contributed by atoms with van der Waals surface area (Å²) < 4.78 is 10.3. The van der Waals surface area contributed by atoms with Crippen LogP contribution < -0.4 is 5.32 Å². The SMILES string of the molecule is COCCCNC(=O)C1c2ccccc2C(=O)N(CCOC)C1c1cccs1. The number of carbonyl (C=O) groups excluding carboxylic acids is 2. The molecule has 1 aliphatic rings. The van der Waals surface area contributed by atoms with Gasteiger partial charge in [-0.05, 0) is 29.5 Å². The third kappa shape index (κ3) is 4.27. The lowest BCUT2D eigenvalue weighted by molar-refractivity contribution is -0.124. The van der Waals surface area contributed by atoms with E-state index < -0.39 is 5.92 Å². The number of benzene rings is 1. The first-order valence-electron chi connectivity index (χ1n) is 9.38. The molecule has 0 radical (unpaired) electrons. The minimum atomic E-state index is -0.466. The number of amides is 2. The Morgan fingerprint density at radius 3 is 2.64 bits per heavy atom. The first kappa shape index (κ1) is 20.5. The second-order valence-electron chi connectivity index (χ2n) is 6.65. The van der Waals surface area contributed by atoms with E-state index in [0.717, 1.165) is 16.9 Å². The fourth-order valence-electron chi connectivity index (χ4n) is 3.62. The molecule has 2 atom stereocenters. The first-order valence-corrected chi connectivity index (χ1v) is 10.3. The zero-order valence-corrected chi connectivity index (χ0v) is 17.0. The molecular formula is C21H26N2O4S. The van der Waals surface area contributed by atoms with Crippen LogP contribution in [-0.2, 0) is 14.3 Å². The van der Waals surface area contributed by atoms with Crippen molar-refractivity contribution in [3.05, 3.63) is 57.8 Å². The van der Waals surface area contributed by atoms with E-state index in [1.807, 2.05) is 35.7 Å². The van der Waals surface area contributed by atoms with Crippen molar-refractivity contribution in [2.75, 3.05) is 40.5 Å². The fraction of sp³-hybridized carbons (Fsp3) is 0.429. The van der Waals surface area contributed by atoms with E-state index in [2.05, 4.69) is 5.32 Å². The summed E-state index contributed by atoms with van der Waals surface area (Å²) in [6, 6.07) is 11.0. The molecule has 0 fully saturated rings. The Bertz CT molecular complexity index is 793. The smallest absolute Gasteiger partial charge is 0.254 e. The largest absolute Gasteiger partial charge is 0.385 e. The van der Waals surface area contributed by atoms with Crippen molar-refractivity contribution in [1.29, 1.82) is 0 Å². The number of hydrogen-bond donors (Lipinski definition) is 1. The van der Waals surface area contributed by atoms with Gasteiger partial charge in [-0.1, -0.05) is 24.3 Å². The molecule has 6 nitrogen and oxygen atoms in total. The van der Waals surface area contributed by atoms with Crippen molar-refractivity contribution >= 4 is 23.2 Å². The third-order valence-corrected chi connectivity index (χ3v) is 5.86. The van der Waals surface area contributed by atoms with Gasteiger partial charge in [-0.2, -0.15) is 0 Å². The summed E-state index contributed by atoms with van der Waals surface area (Å²) >= 11 is 1.56. The van der Waals surface area contributed by atoms with Gasteiger partial charge in [0, 0.05) is 44.4 Å². The summed E-state index contributed by atoms with van der Waals surface area (Å²) in [6.45, 7) is 1.97. The van der Waals surface area contributed by atoms with Gasteiger partial charge in [0.2, 0.25) is 5.91 Å². The topological polar surface area (TPSA) is 67.9 Å². The summed E-state index contributed by atoms with van der Waals surface area (Å²) in [6.07, 6.45) is 0.743. The highest BCUT2D eigenvalue weighted by molar-refractivity contribution is 7.10. The molecule has 150 valence electrons. The second-order valence-corrected chi connectivity index (χ2v) is 7.63. The average molecular weight is 403 g/mol. The molecule has 28 heavy (non-hydrogen) atoms. The van der Waals surface area contributed by atoms with E-state index in [4.69, 9.17) is 9.47 Å². The lowest BCUT2D eigenvalue weighted by atomic mass is 9.81. The zero-order chi connectivity index (χ0) is 19.9. The Morgan fingerprint density at radius 1 is 1.14 bits per heavy atom. The Morgan fingerprint density at radius 2 is 1.93 bits per heavy atom. The monoisotopic (exact) mass is 402 g/mol. The number of nitrogens with zero attached hydrogens (tertiary/aromatic N) is 1. The molecule has 0 bridgehead atoms. The number of carbonyl (C=O) groups is 2. The van der Waals surface area contributed by atoms with Gasteiger partial charge < -0.3 is 19.7 Å². The highest BCUT2D eigenvalue weighted by Crippen LogP contribution is 2.44. The normalized spacial score (nSPS) is 18.8. The van der Waals surface area contributed by atoms with Crippen LogP contribution in [0.1, 0.15) is 39.2 Å². The quantitative estimate of drug-likeness (QED) is 0.655. The summed E-state index contributed by atoms with van der Waals surface area (Å²) in [4.78, 5) is 29.2. The van der Waals surface area contributed by atoms with Crippen LogP contribution in [0.25, 0.3) is 0 Å². The highest BCUT2D eigenvalue weighted by Gasteiger charge is 2.44. The van der Waals surface area contributed by atoms with Crippen molar-refractivity contribution in [1.82, 2.24) is 10.2 Å². The molecule has 2 unspecified atom stereocenters. The van der Waals surface area contributed by atoms with Crippen molar-refractivity contribution in [3.8, 4) is 0 Å². The fourth-order valence-corrected chi connectivity index (χ4v) is 4.50. The minimum Gasteiger partial charge on any atom is -0.385 e. The lowest BCUT2D eigenvalue weighted by Crippen LogP contribution is -2.48. The maximum Gasteiger partial charge on any atom is 0.254 e. The average Bonchev–Trinajstić information content (AvgIpc) is 3.24. The van der Waals surface area contributed by atoms with Crippen LogP contribution in [0.3, 0.4) is 0 Å². The highest BCUT2D eigenvalue weighted by atomic mass is 32.1. The maximum atomic E-state index is 13.2. The van der Waals surface area contributed by atoms with Crippen LogP contribution in [-0.4, -0.2) is 57.2 Å². The molecule has 1 aromatic carbocycles. The zero-order valence-electron chi connectivity index (χ0n) is 16.2. The second kappa shape index (κ2) is 9.82. The number of fused-ring (bicyclic) bond motifs is 1. The maximum absolute atomic E-state index is 13.2. The molecule has 2 amide bonds. The van der Waals surface area contributed by atoms with E-state index in [0.29, 0.717) is 31.9 Å². The Hall–Kier alpha value is -2.22. The molecule has 1 aliphatic heterocycles. The van der Waals surface area contributed by atoms with Crippen molar-refractivity contribution in [3.63, 3.8) is 0 Å². The van der Waals surface area contributed by atoms with E-state index in [9.17, 15) is 9.59 Å².